The van der Waals surface area contributed by atoms with Crippen molar-refractivity contribution in [2.75, 3.05) is 13.2 Å². The standard InChI is InChI=1S/C12H21N3O/c1-3-12-10(5-7-16-12)8-13-9-11-4-6-14-15(11)2/h4,6,10,12-13H,3,5,7-9H2,1-2H3. The Kier molecular flexibility index (Phi) is 3.96. The third-order valence-corrected chi connectivity index (χ3v) is 3.38. The van der Waals surface area contributed by atoms with E-state index in [-0.39, 0.29) is 0 Å². The number of nitrogens with one attached hydrogen (secondary N) is 1. The van der Waals surface area contributed by atoms with Gasteiger partial charge in [-0.2, -0.15) is 5.10 Å². The van der Waals surface area contributed by atoms with E-state index in [0.29, 0.717) is 12.0 Å². The third-order valence-electron chi connectivity index (χ3n) is 3.38. The molecule has 2 atom stereocenters. The molecule has 2 unspecified atom stereocenters. The van der Waals surface area contributed by atoms with Gasteiger partial charge in [0.05, 0.1) is 11.8 Å². The molecule has 1 aromatic rings. The van der Waals surface area contributed by atoms with Gasteiger partial charge in [-0.15, -0.1) is 0 Å². The van der Waals surface area contributed by atoms with Crippen LogP contribution in [0.1, 0.15) is 25.5 Å². The van der Waals surface area contributed by atoms with Crippen molar-refractivity contribution < 1.29 is 4.74 Å². The van der Waals surface area contributed by atoms with Gasteiger partial charge in [0.2, 0.25) is 0 Å². The molecule has 16 heavy (non-hydrogen) atoms. The minimum atomic E-state index is 0.457. The summed E-state index contributed by atoms with van der Waals surface area (Å²) < 4.78 is 7.58. The first-order chi connectivity index (χ1) is 7.81. The van der Waals surface area contributed by atoms with Crippen molar-refractivity contribution >= 4 is 0 Å². The zero-order chi connectivity index (χ0) is 11.4. The molecule has 1 N–H and O–H groups in total. The summed E-state index contributed by atoms with van der Waals surface area (Å²) in [5, 5.41) is 7.64. The highest BCUT2D eigenvalue weighted by molar-refractivity contribution is 4.99. The fourth-order valence-corrected chi connectivity index (χ4v) is 2.34. The molecule has 1 aliphatic rings. The van der Waals surface area contributed by atoms with E-state index in [0.717, 1.165) is 26.1 Å². The Morgan fingerprint density at radius 2 is 2.50 bits per heavy atom. The molecule has 1 aromatic heterocycles. The monoisotopic (exact) mass is 223 g/mol. The zero-order valence-corrected chi connectivity index (χ0v) is 10.1. The highest BCUT2D eigenvalue weighted by atomic mass is 16.5. The van der Waals surface area contributed by atoms with Crippen molar-refractivity contribution in [2.24, 2.45) is 13.0 Å². The number of hydrogen-bond donors (Lipinski definition) is 1. The van der Waals surface area contributed by atoms with Gasteiger partial charge in [-0.1, -0.05) is 6.92 Å². The van der Waals surface area contributed by atoms with Crippen LogP contribution < -0.4 is 5.32 Å². The van der Waals surface area contributed by atoms with Gasteiger partial charge >= 0.3 is 0 Å². The molecule has 0 spiro atoms. The van der Waals surface area contributed by atoms with E-state index in [1.807, 2.05) is 17.9 Å². The Labute approximate surface area is 97.0 Å². The Hall–Kier alpha value is -0.870. The number of hydrogen-bond acceptors (Lipinski definition) is 3. The van der Waals surface area contributed by atoms with E-state index in [9.17, 15) is 0 Å². The van der Waals surface area contributed by atoms with E-state index in [1.165, 1.54) is 12.1 Å². The molecular weight excluding hydrogens is 202 g/mol. The molecule has 1 aliphatic heterocycles. The highest BCUT2D eigenvalue weighted by Gasteiger charge is 2.25. The van der Waals surface area contributed by atoms with Crippen molar-refractivity contribution in [3.05, 3.63) is 18.0 Å². The maximum atomic E-state index is 5.67. The molecule has 0 aromatic carbocycles. The van der Waals surface area contributed by atoms with Crippen LogP contribution in [0, 0.1) is 5.92 Å². The summed E-state index contributed by atoms with van der Waals surface area (Å²) in [7, 11) is 1.98. The lowest BCUT2D eigenvalue weighted by Gasteiger charge is -2.17. The lowest BCUT2D eigenvalue weighted by Crippen LogP contribution is -2.28. The van der Waals surface area contributed by atoms with Gasteiger partial charge in [0, 0.05) is 32.9 Å². The summed E-state index contributed by atoms with van der Waals surface area (Å²) in [6.45, 7) is 5.06. The topological polar surface area (TPSA) is 39.1 Å². The first-order valence-electron chi connectivity index (χ1n) is 6.10. The first-order valence-corrected chi connectivity index (χ1v) is 6.10. The summed E-state index contributed by atoms with van der Waals surface area (Å²) in [5.41, 5.74) is 1.23. The molecule has 2 rings (SSSR count). The maximum Gasteiger partial charge on any atom is 0.0613 e. The molecule has 0 amide bonds. The molecule has 90 valence electrons. The van der Waals surface area contributed by atoms with E-state index in [1.54, 1.807) is 0 Å². The molecule has 2 heterocycles. The van der Waals surface area contributed by atoms with Gasteiger partial charge in [-0.05, 0) is 24.8 Å². The van der Waals surface area contributed by atoms with Crippen molar-refractivity contribution in [2.45, 2.75) is 32.4 Å². The minimum absolute atomic E-state index is 0.457. The van der Waals surface area contributed by atoms with Crippen LogP contribution >= 0.6 is 0 Å². The van der Waals surface area contributed by atoms with Gasteiger partial charge in [0.1, 0.15) is 0 Å². The third kappa shape index (κ3) is 2.62. The fraction of sp³-hybridized carbons (Fsp3) is 0.750. The summed E-state index contributed by atoms with van der Waals surface area (Å²) in [5.74, 6) is 0.679. The van der Waals surface area contributed by atoms with Crippen molar-refractivity contribution in [3.8, 4) is 0 Å². The van der Waals surface area contributed by atoms with Gasteiger partial charge in [-0.3, -0.25) is 4.68 Å². The van der Waals surface area contributed by atoms with Crippen molar-refractivity contribution in [1.29, 1.82) is 0 Å². The summed E-state index contributed by atoms with van der Waals surface area (Å²) in [6.07, 6.45) is 4.61. The average molecular weight is 223 g/mol. The maximum absolute atomic E-state index is 5.67. The Balaban J connectivity index is 1.74. The number of rotatable bonds is 5. The number of aryl methyl sites for hydroxylation is 1. The minimum Gasteiger partial charge on any atom is -0.378 e. The predicted octanol–water partition coefficient (Wildman–Crippen LogP) is 1.32. The molecule has 1 fully saturated rings. The van der Waals surface area contributed by atoms with Crippen molar-refractivity contribution in [1.82, 2.24) is 15.1 Å². The predicted molar refractivity (Wildman–Crippen MR) is 63.1 cm³/mol. The first kappa shape index (κ1) is 11.6. The Bertz CT molecular complexity index is 324. The van der Waals surface area contributed by atoms with Crippen LogP contribution in [0.25, 0.3) is 0 Å². The van der Waals surface area contributed by atoms with Crippen molar-refractivity contribution in [3.63, 3.8) is 0 Å². The quantitative estimate of drug-likeness (QED) is 0.818. The van der Waals surface area contributed by atoms with E-state index in [4.69, 9.17) is 4.74 Å². The highest BCUT2D eigenvalue weighted by Crippen LogP contribution is 2.22. The van der Waals surface area contributed by atoms with Crippen LogP contribution in [0.2, 0.25) is 0 Å². The second kappa shape index (κ2) is 5.46. The summed E-state index contributed by atoms with van der Waals surface area (Å²) in [4.78, 5) is 0. The molecular formula is C12H21N3O. The molecule has 4 heteroatoms. The second-order valence-electron chi connectivity index (χ2n) is 4.44. The largest absolute Gasteiger partial charge is 0.378 e. The van der Waals surface area contributed by atoms with Crippen LogP contribution in [0.15, 0.2) is 12.3 Å². The van der Waals surface area contributed by atoms with E-state index >= 15 is 0 Å². The van der Waals surface area contributed by atoms with Gasteiger partial charge in [0.15, 0.2) is 0 Å². The fourth-order valence-electron chi connectivity index (χ4n) is 2.34. The number of aromatic nitrogens is 2. The number of nitrogens with zero attached hydrogens (tertiary/aromatic N) is 2. The molecule has 0 radical (unpaired) electrons. The van der Waals surface area contributed by atoms with Gasteiger partial charge in [0.25, 0.3) is 0 Å². The Morgan fingerprint density at radius 1 is 1.62 bits per heavy atom. The van der Waals surface area contributed by atoms with E-state index in [2.05, 4.69) is 23.4 Å². The van der Waals surface area contributed by atoms with Crippen LogP contribution in [-0.4, -0.2) is 29.0 Å². The molecule has 4 nitrogen and oxygen atoms in total. The number of ether oxygens (including phenoxy) is 1. The normalized spacial score (nSPS) is 25.1. The SMILES string of the molecule is CCC1OCCC1CNCc1ccnn1C. The Morgan fingerprint density at radius 3 is 3.19 bits per heavy atom. The zero-order valence-electron chi connectivity index (χ0n) is 10.1. The van der Waals surface area contributed by atoms with Gasteiger partial charge in [-0.25, -0.2) is 0 Å². The smallest absolute Gasteiger partial charge is 0.0613 e. The second-order valence-corrected chi connectivity index (χ2v) is 4.44. The molecule has 1 saturated heterocycles. The van der Waals surface area contributed by atoms with Crippen LogP contribution in [0.3, 0.4) is 0 Å². The molecule has 0 bridgehead atoms. The van der Waals surface area contributed by atoms with Gasteiger partial charge < -0.3 is 10.1 Å². The molecule has 0 saturated carbocycles. The molecule has 0 aliphatic carbocycles. The summed E-state index contributed by atoms with van der Waals surface area (Å²) >= 11 is 0. The van der Waals surface area contributed by atoms with E-state index < -0.39 is 0 Å². The van der Waals surface area contributed by atoms with Crippen LogP contribution in [0.4, 0.5) is 0 Å². The lowest BCUT2D eigenvalue weighted by molar-refractivity contribution is 0.0872. The lowest BCUT2D eigenvalue weighted by atomic mass is 10.00. The van der Waals surface area contributed by atoms with Crippen LogP contribution in [0.5, 0.6) is 0 Å². The summed E-state index contributed by atoms with van der Waals surface area (Å²) in [6, 6.07) is 2.05. The van der Waals surface area contributed by atoms with Crippen LogP contribution in [-0.2, 0) is 18.3 Å². The average Bonchev–Trinajstić information content (AvgIpc) is 2.88.